The molecule has 0 aliphatic heterocycles. The van der Waals surface area contributed by atoms with Gasteiger partial charge in [0.15, 0.2) is 0 Å². The molecule has 0 saturated heterocycles. The van der Waals surface area contributed by atoms with Crippen molar-refractivity contribution < 1.29 is 9.59 Å². The van der Waals surface area contributed by atoms with Crippen LogP contribution in [0.1, 0.15) is 51.5 Å². The lowest BCUT2D eigenvalue weighted by Gasteiger charge is -2.17. The molecule has 2 amide bonds. The van der Waals surface area contributed by atoms with Gasteiger partial charge in [0.2, 0.25) is 11.8 Å². The summed E-state index contributed by atoms with van der Waals surface area (Å²) in [5, 5.41) is 5.92. The molecular formula is C19H30N4O4. The van der Waals surface area contributed by atoms with E-state index in [9.17, 15) is 19.2 Å². The number of aryl methyl sites for hydroxylation is 1. The monoisotopic (exact) mass is 378 g/mol. The first-order valence-electron chi connectivity index (χ1n) is 9.71. The molecule has 27 heavy (non-hydrogen) atoms. The second-order valence-electron chi connectivity index (χ2n) is 7.40. The van der Waals surface area contributed by atoms with Crippen molar-refractivity contribution >= 4 is 11.8 Å². The summed E-state index contributed by atoms with van der Waals surface area (Å²) in [5.74, 6) is 0.186. The maximum absolute atomic E-state index is 12.3. The van der Waals surface area contributed by atoms with E-state index in [-0.39, 0.29) is 30.3 Å². The minimum Gasteiger partial charge on any atom is -0.356 e. The molecular weight excluding hydrogens is 348 g/mol. The number of carbonyl (C=O) groups is 2. The smallest absolute Gasteiger partial charge is 0.328 e. The minimum atomic E-state index is -0.606. The molecule has 8 heteroatoms. The van der Waals surface area contributed by atoms with Crippen LogP contribution in [-0.4, -0.2) is 34.0 Å². The molecule has 1 aromatic rings. The fourth-order valence-electron chi connectivity index (χ4n) is 3.48. The van der Waals surface area contributed by atoms with Crippen LogP contribution in [0.25, 0.3) is 0 Å². The lowest BCUT2D eigenvalue weighted by molar-refractivity contribution is -0.125. The number of aromatic nitrogens is 2. The Labute approximate surface area is 158 Å². The van der Waals surface area contributed by atoms with Crippen molar-refractivity contribution in [3.05, 3.63) is 32.6 Å². The molecule has 0 spiro atoms. The molecule has 0 unspecified atom stereocenters. The zero-order valence-corrected chi connectivity index (χ0v) is 16.3. The van der Waals surface area contributed by atoms with Crippen molar-refractivity contribution in [2.75, 3.05) is 6.54 Å². The average molecular weight is 378 g/mol. The number of rotatable bonds is 8. The van der Waals surface area contributed by atoms with Crippen LogP contribution in [0.2, 0.25) is 0 Å². The van der Waals surface area contributed by atoms with Crippen LogP contribution >= 0.6 is 0 Å². The molecule has 1 saturated carbocycles. The SMILES string of the molecule is CCC(CC)CNC(=O)[C@H]1CC[C@@H](NC(=O)Cn2cc(C)c(=O)[nH]c2=O)C1. The summed E-state index contributed by atoms with van der Waals surface area (Å²) >= 11 is 0. The Kier molecular flexibility index (Phi) is 7.38. The summed E-state index contributed by atoms with van der Waals surface area (Å²) in [5.41, 5.74) is -0.682. The summed E-state index contributed by atoms with van der Waals surface area (Å²) in [4.78, 5) is 49.9. The molecule has 8 nitrogen and oxygen atoms in total. The third kappa shape index (κ3) is 5.80. The van der Waals surface area contributed by atoms with Crippen molar-refractivity contribution in [2.24, 2.45) is 11.8 Å². The number of hydrogen-bond donors (Lipinski definition) is 3. The van der Waals surface area contributed by atoms with Gasteiger partial charge in [-0.15, -0.1) is 0 Å². The number of aromatic amines is 1. The van der Waals surface area contributed by atoms with Crippen molar-refractivity contribution in [3.63, 3.8) is 0 Å². The maximum atomic E-state index is 12.3. The van der Waals surface area contributed by atoms with E-state index < -0.39 is 11.2 Å². The van der Waals surface area contributed by atoms with Crippen molar-refractivity contribution in [2.45, 2.75) is 65.5 Å². The molecule has 1 aliphatic carbocycles. The molecule has 3 N–H and O–H groups in total. The number of hydrogen-bond acceptors (Lipinski definition) is 4. The fraction of sp³-hybridized carbons (Fsp3) is 0.684. The van der Waals surface area contributed by atoms with Gasteiger partial charge < -0.3 is 10.6 Å². The Bertz CT molecular complexity index is 779. The lowest BCUT2D eigenvalue weighted by atomic mass is 10.0. The minimum absolute atomic E-state index is 0.0612. The van der Waals surface area contributed by atoms with E-state index in [1.807, 2.05) is 0 Å². The summed E-state index contributed by atoms with van der Waals surface area (Å²) in [6, 6.07) is -0.0686. The van der Waals surface area contributed by atoms with Crippen molar-refractivity contribution in [3.8, 4) is 0 Å². The van der Waals surface area contributed by atoms with Gasteiger partial charge >= 0.3 is 5.69 Å². The zero-order valence-electron chi connectivity index (χ0n) is 16.3. The molecule has 0 aromatic carbocycles. The second-order valence-corrected chi connectivity index (χ2v) is 7.40. The van der Waals surface area contributed by atoms with Crippen LogP contribution in [0.5, 0.6) is 0 Å². The van der Waals surface area contributed by atoms with Crippen LogP contribution in [0.4, 0.5) is 0 Å². The quantitative estimate of drug-likeness (QED) is 0.617. The standard InChI is InChI=1S/C19H30N4O4/c1-4-13(5-2)9-20-18(26)14-6-7-15(8-14)21-16(24)11-23-10-12(3)17(25)22-19(23)27/h10,13-15H,4-9,11H2,1-3H3,(H,20,26)(H,21,24)(H,22,25,27)/t14-,15+/m0/s1. The molecule has 0 bridgehead atoms. The van der Waals surface area contributed by atoms with E-state index in [1.54, 1.807) is 6.92 Å². The normalized spacial score (nSPS) is 19.3. The summed E-state index contributed by atoms with van der Waals surface area (Å²) < 4.78 is 1.18. The van der Waals surface area contributed by atoms with Gasteiger partial charge in [-0.05, 0) is 32.1 Å². The van der Waals surface area contributed by atoms with Gasteiger partial charge in [0.1, 0.15) is 6.54 Å². The van der Waals surface area contributed by atoms with E-state index >= 15 is 0 Å². The first-order chi connectivity index (χ1) is 12.8. The third-order valence-electron chi connectivity index (χ3n) is 5.39. The Morgan fingerprint density at radius 1 is 1.26 bits per heavy atom. The van der Waals surface area contributed by atoms with Gasteiger partial charge in [0, 0.05) is 30.3 Å². The van der Waals surface area contributed by atoms with Crippen molar-refractivity contribution in [1.82, 2.24) is 20.2 Å². The number of amides is 2. The Morgan fingerprint density at radius 3 is 2.63 bits per heavy atom. The van der Waals surface area contributed by atoms with Gasteiger partial charge in [0.25, 0.3) is 5.56 Å². The maximum Gasteiger partial charge on any atom is 0.328 e. The predicted octanol–water partition coefficient (Wildman–Crippen LogP) is 0.682. The van der Waals surface area contributed by atoms with Crippen LogP contribution in [0.3, 0.4) is 0 Å². The van der Waals surface area contributed by atoms with Crippen LogP contribution in [-0.2, 0) is 16.1 Å². The second kappa shape index (κ2) is 9.53. The van der Waals surface area contributed by atoms with Crippen LogP contribution in [0, 0.1) is 18.8 Å². The van der Waals surface area contributed by atoms with E-state index in [0.717, 1.165) is 25.7 Å². The van der Waals surface area contributed by atoms with Crippen LogP contribution in [0.15, 0.2) is 15.8 Å². The van der Waals surface area contributed by atoms with Crippen LogP contribution < -0.4 is 21.9 Å². The number of H-pyrrole nitrogens is 1. The highest BCUT2D eigenvalue weighted by Crippen LogP contribution is 2.25. The summed E-state index contributed by atoms with van der Waals surface area (Å²) in [7, 11) is 0. The van der Waals surface area contributed by atoms with Gasteiger partial charge in [0.05, 0.1) is 0 Å². The lowest BCUT2D eigenvalue weighted by Crippen LogP contribution is -2.40. The van der Waals surface area contributed by atoms with E-state index in [0.29, 0.717) is 24.4 Å². The van der Waals surface area contributed by atoms with E-state index in [4.69, 9.17) is 0 Å². The van der Waals surface area contributed by atoms with E-state index in [1.165, 1.54) is 10.8 Å². The molecule has 1 heterocycles. The Hall–Kier alpha value is -2.38. The molecule has 1 aromatic heterocycles. The number of nitrogens with one attached hydrogen (secondary N) is 3. The highest BCUT2D eigenvalue weighted by molar-refractivity contribution is 5.79. The average Bonchev–Trinajstić information content (AvgIpc) is 3.08. The first-order valence-corrected chi connectivity index (χ1v) is 9.71. The zero-order chi connectivity index (χ0) is 20.0. The van der Waals surface area contributed by atoms with Gasteiger partial charge in [-0.25, -0.2) is 4.79 Å². The van der Waals surface area contributed by atoms with Gasteiger partial charge in [-0.3, -0.25) is 23.9 Å². The third-order valence-corrected chi connectivity index (χ3v) is 5.39. The van der Waals surface area contributed by atoms with Gasteiger partial charge in [-0.1, -0.05) is 26.7 Å². The molecule has 2 atom stereocenters. The van der Waals surface area contributed by atoms with Crippen molar-refractivity contribution in [1.29, 1.82) is 0 Å². The Morgan fingerprint density at radius 2 is 1.96 bits per heavy atom. The highest BCUT2D eigenvalue weighted by atomic mass is 16.2. The molecule has 1 fully saturated rings. The number of carbonyl (C=O) groups excluding carboxylic acids is 2. The topological polar surface area (TPSA) is 113 Å². The number of nitrogens with zero attached hydrogens (tertiary/aromatic N) is 1. The fourth-order valence-corrected chi connectivity index (χ4v) is 3.48. The Balaban J connectivity index is 1.83. The molecule has 150 valence electrons. The molecule has 1 aliphatic rings. The molecule has 0 radical (unpaired) electrons. The summed E-state index contributed by atoms with van der Waals surface area (Å²) in [6.07, 6.45) is 5.57. The summed E-state index contributed by atoms with van der Waals surface area (Å²) in [6.45, 7) is 6.37. The largest absolute Gasteiger partial charge is 0.356 e. The first kappa shape index (κ1) is 20.9. The van der Waals surface area contributed by atoms with Gasteiger partial charge in [-0.2, -0.15) is 0 Å². The highest BCUT2D eigenvalue weighted by Gasteiger charge is 2.30. The predicted molar refractivity (Wildman–Crippen MR) is 102 cm³/mol. The molecule has 2 rings (SSSR count). The van der Waals surface area contributed by atoms with E-state index in [2.05, 4.69) is 29.5 Å².